The second kappa shape index (κ2) is 8.72. The Bertz CT molecular complexity index is 416. The van der Waals surface area contributed by atoms with Gasteiger partial charge >= 0.3 is 0 Å². The number of nitrogen functional groups attached to an aromatic ring is 1. The third-order valence-corrected chi connectivity index (χ3v) is 3.67. The first-order valence-corrected chi connectivity index (χ1v) is 7.28. The zero-order valence-electron chi connectivity index (χ0n) is 12.9. The summed E-state index contributed by atoms with van der Waals surface area (Å²) in [5, 5.41) is 7.53. The van der Waals surface area contributed by atoms with Crippen molar-refractivity contribution in [3.63, 3.8) is 0 Å². The second-order valence-electron chi connectivity index (χ2n) is 5.05. The van der Waals surface area contributed by atoms with Gasteiger partial charge < -0.3 is 10.5 Å². The van der Waals surface area contributed by atoms with Crippen LogP contribution in [0, 0.1) is 5.41 Å². The minimum absolute atomic E-state index is 0.123. The molecule has 0 aliphatic heterocycles. The van der Waals surface area contributed by atoms with Crippen LogP contribution in [0.25, 0.3) is 0 Å². The van der Waals surface area contributed by atoms with Gasteiger partial charge in [0.05, 0.1) is 6.61 Å². The molecule has 0 unspecified atom stereocenters. The number of nitrogens with one attached hydrogen (secondary N) is 1. The predicted molar refractivity (Wildman–Crippen MR) is 84.1 cm³/mol. The number of methoxy groups -OCH3 is 1. The van der Waals surface area contributed by atoms with Crippen molar-refractivity contribution in [2.24, 2.45) is 5.73 Å². The van der Waals surface area contributed by atoms with Crippen LogP contribution in [-0.4, -0.2) is 37.0 Å². The zero-order valence-corrected chi connectivity index (χ0v) is 12.9. The fourth-order valence-electron chi connectivity index (χ4n) is 2.48. The molecule has 112 valence electrons. The topological polar surface area (TPSA) is 62.3 Å². The fraction of sp³-hybridized carbons (Fsp3) is 0.562. The van der Waals surface area contributed by atoms with Gasteiger partial charge in [0, 0.05) is 31.8 Å². The molecule has 3 N–H and O–H groups in total. The average Bonchev–Trinajstić information content (AvgIpc) is 2.46. The van der Waals surface area contributed by atoms with Crippen molar-refractivity contribution >= 4 is 5.84 Å². The second-order valence-corrected chi connectivity index (χ2v) is 5.05. The van der Waals surface area contributed by atoms with Gasteiger partial charge in [0.15, 0.2) is 0 Å². The number of amidine groups is 1. The van der Waals surface area contributed by atoms with E-state index in [-0.39, 0.29) is 5.84 Å². The van der Waals surface area contributed by atoms with Crippen LogP contribution in [0.5, 0.6) is 0 Å². The Kier molecular flexibility index (Phi) is 7.26. The molecular formula is C16H27N3O. The zero-order chi connectivity index (χ0) is 15.0. The minimum Gasteiger partial charge on any atom is -0.384 e. The van der Waals surface area contributed by atoms with E-state index in [2.05, 4.69) is 24.8 Å². The highest BCUT2D eigenvalue weighted by atomic mass is 16.5. The summed E-state index contributed by atoms with van der Waals surface area (Å²) >= 11 is 0. The predicted octanol–water partition coefficient (Wildman–Crippen LogP) is 2.61. The Morgan fingerprint density at radius 1 is 1.35 bits per heavy atom. The molecule has 0 bridgehead atoms. The SMILES string of the molecule is CCC(CC)N(CCOC)Cc1cccc(C(=N)N)c1. The standard InChI is InChI=1S/C16H27N3O/c1-4-15(5-2)19(9-10-20-3)12-13-7-6-8-14(11-13)16(17)18/h6-8,11,15H,4-5,9-10,12H2,1-3H3,(H3,17,18). The average molecular weight is 277 g/mol. The molecular weight excluding hydrogens is 250 g/mol. The van der Waals surface area contributed by atoms with Gasteiger partial charge in [0.1, 0.15) is 5.84 Å². The van der Waals surface area contributed by atoms with Crippen LogP contribution < -0.4 is 5.73 Å². The van der Waals surface area contributed by atoms with Crippen molar-refractivity contribution in [3.05, 3.63) is 35.4 Å². The van der Waals surface area contributed by atoms with Crippen LogP contribution >= 0.6 is 0 Å². The van der Waals surface area contributed by atoms with E-state index in [0.717, 1.165) is 38.1 Å². The molecule has 1 aromatic carbocycles. The Hall–Kier alpha value is -1.39. The number of hydrogen-bond donors (Lipinski definition) is 2. The number of benzene rings is 1. The van der Waals surface area contributed by atoms with Crippen molar-refractivity contribution in [2.75, 3.05) is 20.3 Å². The molecule has 0 saturated carbocycles. The third-order valence-electron chi connectivity index (χ3n) is 3.67. The fourth-order valence-corrected chi connectivity index (χ4v) is 2.48. The maximum Gasteiger partial charge on any atom is 0.122 e. The van der Waals surface area contributed by atoms with Crippen molar-refractivity contribution in [3.8, 4) is 0 Å². The first-order chi connectivity index (χ1) is 9.62. The van der Waals surface area contributed by atoms with Crippen LogP contribution in [0.2, 0.25) is 0 Å². The summed E-state index contributed by atoms with van der Waals surface area (Å²) in [6, 6.07) is 8.50. The highest BCUT2D eigenvalue weighted by Gasteiger charge is 2.15. The van der Waals surface area contributed by atoms with Crippen molar-refractivity contribution in [1.29, 1.82) is 5.41 Å². The summed E-state index contributed by atoms with van der Waals surface area (Å²) in [6.45, 7) is 6.98. The largest absolute Gasteiger partial charge is 0.384 e. The van der Waals surface area contributed by atoms with Gasteiger partial charge in [-0.3, -0.25) is 10.3 Å². The lowest BCUT2D eigenvalue weighted by molar-refractivity contribution is 0.110. The van der Waals surface area contributed by atoms with E-state index in [0.29, 0.717) is 6.04 Å². The lowest BCUT2D eigenvalue weighted by atomic mass is 10.1. The van der Waals surface area contributed by atoms with E-state index in [1.165, 1.54) is 5.56 Å². The van der Waals surface area contributed by atoms with Gasteiger partial charge in [0.2, 0.25) is 0 Å². The Morgan fingerprint density at radius 2 is 2.05 bits per heavy atom. The quantitative estimate of drug-likeness (QED) is 0.539. The molecule has 20 heavy (non-hydrogen) atoms. The van der Waals surface area contributed by atoms with E-state index in [1.807, 2.05) is 18.2 Å². The summed E-state index contributed by atoms with van der Waals surface area (Å²) in [5.41, 5.74) is 7.54. The molecule has 0 spiro atoms. The summed E-state index contributed by atoms with van der Waals surface area (Å²) in [7, 11) is 1.74. The van der Waals surface area contributed by atoms with Crippen LogP contribution in [0.4, 0.5) is 0 Å². The number of rotatable bonds is 9. The smallest absolute Gasteiger partial charge is 0.122 e. The molecule has 0 saturated heterocycles. The molecule has 0 aromatic heterocycles. The van der Waals surface area contributed by atoms with Crippen LogP contribution in [-0.2, 0) is 11.3 Å². The molecule has 1 aromatic rings. The summed E-state index contributed by atoms with van der Waals surface area (Å²) in [4.78, 5) is 2.45. The molecule has 4 heteroatoms. The van der Waals surface area contributed by atoms with E-state index >= 15 is 0 Å². The Morgan fingerprint density at radius 3 is 2.60 bits per heavy atom. The summed E-state index contributed by atoms with van der Waals surface area (Å²) < 4.78 is 5.22. The molecule has 0 heterocycles. The van der Waals surface area contributed by atoms with Gasteiger partial charge in [-0.15, -0.1) is 0 Å². The number of ether oxygens (including phenoxy) is 1. The van der Waals surface area contributed by atoms with E-state index in [4.69, 9.17) is 15.9 Å². The van der Waals surface area contributed by atoms with E-state index in [1.54, 1.807) is 7.11 Å². The monoisotopic (exact) mass is 277 g/mol. The van der Waals surface area contributed by atoms with Gasteiger partial charge in [-0.05, 0) is 24.5 Å². The van der Waals surface area contributed by atoms with Crippen molar-refractivity contribution < 1.29 is 4.74 Å². The number of nitrogens with zero attached hydrogens (tertiary/aromatic N) is 1. The molecule has 0 aliphatic rings. The Labute approximate surface area is 122 Å². The molecule has 0 radical (unpaired) electrons. The molecule has 0 amide bonds. The lowest BCUT2D eigenvalue weighted by Crippen LogP contribution is -2.36. The first kappa shape index (κ1) is 16.7. The van der Waals surface area contributed by atoms with Crippen LogP contribution in [0.15, 0.2) is 24.3 Å². The molecule has 0 fully saturated rings. The van der Waals surface area contributed by atoms with E-state index in [9.17, 15) is 0 Å². The highest BCUT2D eigenvalue weighted by molar-refractivity contribution is 5.95. The summed E-state index contributed by atoms with van der Waals surface area (Å²) in [6.07, 6.45) is 2.26. The van der Waals surface area contributed by atoms with Gasteiger partial charge in [-0.25, -0.2) is 0 Å². The molecule has 0 aliphatic carbocycles. The maximum atomic E-state index is 7.53. The molecule has 0 atom stereocenters. The summed E-state index contributed by atoms with van der Waals surface area (Å²) in [5.74, 6) is 0.123. The number of nitrogens with two attached hydrogens (primary N) is 1. The Balaban J connectivity index is 2.82. The van der Waals surface area contributed by atoms with Crippen LogP contribution in [0.3, 0.4) is 0 Å². The first-order valence-electron chi connectivity index (χ1n) is 7.28. The minimum atomic E-state index is 0.123. The van der Waals surface area contributed by atoms with Gasteiger partial charge in [-0.1, -0.05) is 32.0 Å². The molecule has 1 rings (SSSR count). The van der Waals surface area contributed by atoms with Gasteiger partial charge in [-0.2, -0.15) is 0 Å². The third kappa shape index (κ3) is 4.94. The number of hydrogen-bond acceptors (Lipinski definition) is 3. The van der Waals surface area contributed by atoms with Crippen LogP contribution in [0.1, 0.15) is 37.8 Å². The maximum absolute atomic E-state index is 7.53. The lowest BCUT2D eigenvalue weighted by Gasteiger charge is -2.30. The molecule has 4 nitrogen and oxygen atoms in total. The highest BCUT2D eigenvalue weighted by Crippen LogP contribution is 2.14. The van der Waals surface area contributed by atoms with Crippen molar-refractivity contribution in [1.82, 2.24) is 4.90 Å². The van der Waals surface area contributed by atoms with E-state index < -0.39 is 0 Å². The van der Waals surface area contributed by atoms with Crippen molar-refractivity contribution in [2.45, 2.75) is 39.3 Å². The van der Waals surface area contributed by atoms with Gasteiger partial charge in [0.25, 0.3) is 0 Å². The normalized spacial score (nSPS) is 11.2.